The van der Waals surface area contributed by atoms with Crippen LogP contribution in [-0.4, -0.2) is 11.0 Å². The van der Waals surface area contributed by atoms with E-state index in [-0.39, 0.29) is 0 Å². The van der Waals surface area contributed by atoms with Gasteiger partial charge in [0.25, 0.3) is 0 Å². The van der Waals surface area contributed by atoms with E-state index >= 15 is 0 Å². The molecule has 1 aromatic heterocycles. The van der Waals surface area contributed by atoms with Gasteiger partial charge in [0.1, 0.15) is 0 Å². The van der Waals surface area contributed by atoms with Crippen molar-refractivity contribution < 1.29 is 0 Å². The summed E-state index contributed by atoms with van der Waals surface area (Å²) < 4.78 is 0. The first-order chi connectivity index (χ1) is 6.93. The fourth-order valence-electron chi connectivity index (χ4n) is 0.787. The zero-order chi connectivity index (χ0) is 12.0. The van der Waals surface area contributed by atoms with E-state index in [9.17, 15) is 0 Å². The van der Waals surface area contributed by atoms with Gasteiger partial charge in [-0.05, 0) is 27.7 Å². The average Bonchev–Trinajstić information content (AvgIpc) is 2.47. The van der Waals surface area contributed by atoms with Crippen LogP contribution in [0.2, 0.25) is 0 Å². The van der Waals surface area contributed by atoms with E-state index in [1.165, 1.54) is 11.3 Å². The molecule has 4 heteroatoms. The summed E-state index contributed by atoms with van der Waals surface area (Å²) in [6.45, 7) is 12.4. The van der Waals surface area contributed by atoms with Crippen LogP contribution in [0, 0.1) is 13.8 Å². The number of hydrazine groups is 1. The maximum absolute atomic E-state index is 5.80. The van der Waals surface area contributed by atoms with Gasteiger partial charge in [-0.3, -0.25) is 5.01 Å². The molecule has 0 aliphatic carbocycles. The maximum atomic E-state index is 5.80. The van der Waals surface area contributed by atoms with Crippen LogP contribution >= 0.6 is 11.3 Å². The molecule has 1 aromatic rings. The zero-order valence-electron chi connectivity index (χ0n) is 10.7. The van der Waals surface area contributed by atoms with E-state index < -0.39 is 0 Å². The predicted octanol–water partition coefficient (Wildman–Crippen LogP) is 3.26. The summed E-state index contributed by atoms with van der Waals surface area (Å²) in [7, 11) is 0. The highest BCUT2D eigenvalue weighted by Crippen LogP contribution is 2.24. The summed E-state index contributed by atoms with van der Waals surface area (Å²) in [4.78, 5) is 5.59. The standard InChI is InChI=1S/C8H15N3S.C3H8/c1-5(2)11(9)8-10-6(3)7(4)12-8;1-3-2/h5H,9H2,1-4H3;3H2,1-2H3. The van der Waals surface area contributed by atoms with Crippen molar-refractivity contribution >= 4 is 16.5 Å². The van der Waals surface area contributed by atoms with Gasteiger partial charge >= 0.3 is 0 Å². The number of nitrogens with zero attached hydrogens (tertiary/aromatic N) is 2. The van der Waals surface area contributed by atoms with Crippen molar-refractivity contribution in [3.63, 3.8) is 0 Å². The van der Waals surface area contributed by atoms with Gasteiger partial charge in [0, 0.05) is 10.9 Å². The second-order valence-corrected chi connectivity index (χ2v) is 5.03. The highest BCUT2D eigenvalue weighted by atomic mass is 32.1. The van der Waals surface area contributed by atoms with Crippen LogP contribution in [0.3, 0.4) is 0 Å². The molecule has 0 aliphatic heterocycles. The lowest BCUT2D eigenvalue weighted by atomic mass is 10.4. The Balaban J connectivity index is 0.000000583. The van der Waals surface area contributed by atoms with Crippen molar-refractivity contribution in [2.75, 3.05) is 5.01 Å². The zero-order valence-corrected chi connectivity index (χ0v) is 11.5. The summed E-state index contributed by atoms with van der Waals surface area (Å²) in [6, 6.07) is 0.301. The van der Waals surface area contributed by atoms with E-state index in [1.54, 1.807) is 16.3 Å². The van der Waals surface area contributed by atoms with Gasteiger partial charge < -0.3 is 0 Å². The van der Waals surface area contributed by atoms with Gasteiger partial charge in [0.15, 0.2) is 5.13 Å². The SMILES string of the molecule is CCC.Cc1nc(N(N)C(C)C)sc1C. The molecule has 0 aliphatic rings. The Morgan fingerprint density at radius 1 is 1.33 bits per heavy atom. The van der Waals surface area contributed by atoms with Crippen molar-refractivity contribution in [1.82, 2.24) is 4.98 Å². The van der Waals surface area contributed by atoms with Crippen molar-refractivity contribution in [1.29, 1.82) is 0 Å². The van der Waals surface area contributed by atoms with Crippen LogP contribution in [-0.2, 0) is 0 Å². The minimum atomic E-state index is 0.301. The second-order valence-electron chi connectivity index (χ2n) is 3.85. The molecule has 3 nitrogen and oxygen atoms in total. The molecule has 88 valence electrons. The number of rotatable bonds is 2. The van der Waals surface area contributed by atoms with E-state index in [0.717, 1.165) is 10.8 Å². The van der Waals surface area contributed by atoms with Crippen molar-refractivity contribution in [3.05, 3.63) is 10.6 Å². The molecule has 0 saturated carbocycles. The quantitative estimate of drug-likeness (QED) is 0.625. The molecule has 0 atom stereocenters. The molecule has 0 radical (unpaired) electrons. The van der Waals surface area contributed by atoms with Gasteiger partial charge in [-0.1, -0.05) is 20.3 Å². The topological polar surface area (TPSA) is 42.2 Å². The van der Waals surface area contributed by atoms with Crippen molar-refractivity contribution in [2.45, 2.75) is 54.0 Å². The molecule has 0 amide bonds. The highest BCUT2D eigenvalue weighted by Gasteiger charge is 2.10. The lowest BCUT2D eigenvalue weighted by molar-refractivity contribution is 0.708. The summed E-state index contributed by atoms with van der Waals surface area (Å²) in [5, 5.41) is 2.60. The van der Waals surface area contributed by atoms with Gasteiger partial charge in [0.2, 0.25) is 0 Å². The fraction of sp³-hybridized carbons (Fsp3) is 0.727. The Kier molecular flexibility index (Phi) is 6.52. The van der Waals surface area contributed by atoms with E-state index in [0.29, 0.717) is 6.04 Å². The lowest BCUT2D eigenvalue weighted by Gasteiger charge is -2.18. The number of hydrogen-bond donors (Lipinski definition) is 1. The van der Waals surface area contributed by atoms with Crippen LogP contribution in [0.25, 0.3) is 0 Å². The maximum Gasteiger partial charge on any atom is 0.200 e. The number of hydrogen-bond acceptors (Lipinski definition) is 4. The second kappa shape index (κ2) is 6.80. The highest BCUT2D eigenvalue weighted by molar-refractivity contribution is 7.15. The first-order valence-corrected chi connectivity index (χ1v) is 6.23. The molecule has 1 rings (SSSR count). The smallest absolute Gasteiger partial charge is 0.200 e. The van der Waals surface area contributed by atoms with E-state index in [1.807, 2.05) is 20.8 Å². The summed E-state index contributed by atoms with van der Waals surface area (Å²) >= 11 is 1.64. The Bertz CT molecular complexity index is 262. The third kappa shape index (κ3) is 4.62. The van der Waals surface area contributed by atoms with Gasteiger partial charge in [-0.25, -0.2) is 10.8 Å². The normalized spacial score (nSPS) is 9.87. The Labute approximate surface area is 97.3 Å². The van der Waals surface area contributed by atoms with E-state index in [2.05, 4.69) is 25.8 Å². The minimum Gasteiger partial charge on any atom is -0.284 e. The molecule has 2 N–H and O–H groups in total. The van der Waals surface area contributed by atoms with Gasteiger partial charge in [0.05, 0.1) is 5.69 Å². The van der Waals surface area contributed by atoms with Crippen LogP contribution in [0.15, 0.2) is 0 Å². The molecule has 0 spiro atoms. The number of anilines is 1. The monoisotopic (exact) mass is 229 g/mol. The largest absolute Gasteiger partial charge is 0.284 e. The first kappa shape index (κ1) is 14.4. The van der Waals surface area contributed by atoms with E-state index in [4.69, 9.17) is 5.84 Å². The van der Waals surface area contributed by atoms with Crippen LogP contribution < -0.4 is 10.9 Å². The molecule has 15 heavy (non-hydrogen) atoms. The number of thiazole rings is 1. The number of nitrogens with two attached hydrogens (primary N) is 1. The molecular weight excluding hydrogens is 206 g/mol. The summed E-state index contributed by atoms with van der Waals surface area (Å²) in [5.74, 6) is 5.80. The van der Waals surface area contributed by atoms with Gasteiger partial charge in [-0.15, -0.1) is 11.3 Å². The molecule has 0 aromatic carbocycles. The molecule has 0 unspecified atom stereocenters. The molecular formula is C11H23N3S. The molecule has 0 bridgehead atoms. The number of aromatic nitrogens is 1. The average molecular weight is 229 g/mol. The van der Waals surface area contributed by atoms with Crippen LogP contribution in [0.4, 0.5) is 5.13 Å². The Morgan fingerprint density at radius 2 is 1.80 bits per heavy atom. The lowest BCUT2D eigenvalue weighted by Crippen LogP contribution is -2.37. The first-order valence-electron chi connectivity index (χ1n) is 5.41. The predicted molar refractivity (Wildman–Crippen MR) is 69.4 cm³/mol. The summed E-state index contributed by atoms with van der Waals surface area (Å²) in [6.07, 6.45) is 1.25. The van der Waals surface area contributed by atoms with Crippen LogP contribution in [0.5, 0.6) is 0 Å². The summed E-state index contributed by atoms with van der Waals surface area (Å²) in [5.41, 5.74) is 1.08. The third-order valence-corrected chi connectivity index (χ3v) is 2.88. The minimum absolute atomic E-state index is 0.301. The molecule has 0 saturated heterocycles. The molecule has 0 fully saturated rings. The third-order valence-electron chi connectivity index (χ3n) is 1.79. The molecule has 1 heterocycles. The van der Waals surface area contributed by atoms with Crippen molar-refractivity contribution in [3.8, 4) is 0 Å². The fourth-order valence-corrected chi connectivity index (χ4v) is 1.75. The van der Waals surface area contributed by atoms with Crippen LogP contribution in [0.1, 0.15) is 44.7 Å². The van der Waals surface area contributed by atoms with Crippen molar-refractivity contribution in [2.24, 2.45) is 5.84 Å². The Hall–Kier alpha value is -0.610. The van der Waals surface area contributed by atoms with Gasteiger partial charge in [-0.2, -0.15) is 0 Å². The number of aryl methyl sites for hydroxylation is 2. The Morgan fingerprint density at radius 3 is 2.07 bits per heavy atom.